The van der Waals surface area contributed by atoms with Crippen molar-refractivity contribution < 1.29 is 0 Å². The predicted molar refractivity (Wildman–Crippen MR) is 42.0 cm³/mol. The van der Waals surface area contributed by atoms with Crippen LogP contribution in [0, 0.1) is 6.92 Å². The zero-order valence-corrected chi connectivity index (χ0v) is 6.42. The molecule has 0 unspecified atom stereocenters. The molecule has 58 valence electrons. The van der Waals surface area contributed by atoms with Crippen molar-refractivity contribution in [2.75, 3.05) is 5.73 Å². The number of nitrogens with one attached hydrogen (secondary N) is 1. The number of nitrogens with two attached hydrogens (primary N) is 1. The van der Waals surface area contributed by atoms with Gasteiger partial charge in [-0.2, -0.15) is 10.2 Å². The van der Waals surface area contributed by atoms with Gasteiger partial charge in [0.1, 0.15) is 11.0 Å². The molecule has 2 rings (SSSR count). The van der Waals surface area contributed by atoms with E-state index in [9.17, 15) is 0 Å². The van der Waals surface area contributed by atoms with Crippen LogP contribution in [0.4, 0.5) is 5.82 Å². The van der Waals surface area contributed by atoms with Gasteiger partial charge in [-0.05, 0) is 6.92 Å². The van der Waals surface area contributed by atoms with Gasteiger partial charge in [-0.3, -0.25) is 9.78 Å². The summed E-state index contributed by atoms with van der Waals surface area (Å²) >= 11 is 0. The Morgan fingerprint density at radius 1 is 1.55 bits per heavy atom. The number of H-pyrrole nitrogens is 1. The minimum atomic E-state index is 0.503. The van der Waals surface area contributed by atoms with Crippen molar-refractivity contribution >= 4 is 16.9 Å². The van der Waals surface area contributed by atoms with Crippen LogP contribution in [-0.2, 0) is 7.05 Å². The van der Waals surface area contributed by atoms with Gasteiger partial charge in [-0.15, -0.1) is 0 Å². The van der Waals surface area contributed by atoms with Gasteiger partial charge in [0.05, 0.1) is 5.69 Å². The molecule has 3 N–H and O–H groups in total. The number of hydrogen-bond acceptors (Lipinski definition) is 3. The highest BCUT2D eigenvalue weighted by Gasteiger charge is 2.09. The van der Waals surface area contributed by atoms with Crippen molar-refractivity contribution in [3.05, 3.63) is 5.69 Å². The Labute approximate surface area is 63.2 Å². The molecule has 0 spiro atoms. The van der Waals surface area contributed by atoms with Crippen LogP contribution < -0.4 is 5.73 Å². The molecule has 0 bridgehead atoms. The van der Waals surface area contributed by atoms with Crippen molar-refractivity contribution in [1.29, 1.82) is 0 Å². The molecular formula is C6H9N5. The summed E-state index contributed by atoms with van der Waals surface area (Å²) in [5, 5.41) is 10.9. The molecule has 0 atom stereocenters. The number of hydrogen-bond donors (Lipinski definition) is 2. The van der Waals surface area contributed by atoms with Crippen LogP contribution in [0.2, 0.25) is 0 Å². The van der Waals surface area contributed by atoms with Crippen LogP contribution in [0.1, 0.15) is 5.69 Å². The molecule has 0 saturated heterocycles. The molecule has 2 aromatic rings. The molecule has 0 radical (unpaired) electrons. The quantitative estimate of drug-likeness (QED) is 0.564. The van der Waals surface area contributed by atoms with E-state index in [4.69, 9.17) is 5.73 Å². The fourth-order valence-electron chi connectivity index (χ4n) is 1.25. The molecule has 0 aliphatic heterocycles. The van der Waals surface area contributed by atoms with E-state index in [1.165, 1.54) is 0 Å². The molecular weight excluding hydrogens is 142 g/mol. The van der Waals surface area contributed by atoms with Crippen LogP contribution in [0.5, 0.6) is 0 Å². The number of fused-ring (bicyclic) bond motifs is 1. The Balaban J connectivity index is 2.98. The standard InChI is InChI=1S/C6H9N5/c1-3-4-5(11(2)10-3)6(7)9-8-4/h1-2H3,(H3,7,8,9). The highest BCUT2D eigenvalue weighted by atomic mass is 15.3. The molecule has 5 heteroatoms. The summed E-state index contributed by atoms with van der Waals surface area (Å²) < 4.78 is 1.73. The maximum atomic E-state index is 5.59. The minimum absolute atomic E-state index is 0.503. The van der Waals surface area contributed by atoms with Crippen LogP contribution >= 0.6 is 0 Å². The van der Waals surface area contributed by atoms with Crippen LogP contribution in [0.25, 0.3) is 11.0 Å². The first kappa shape index (κ1) is 6.21. The Morgan fingerprint density at radius 3 is 2.91 bits per heavy atom. The van der Waals surface area contributed by atoms with Gasteiger partial charge in [-0.25, -0.2) is 0 Å². The Morgan fingerprint density at radius 2 is 2.27 bits per heavy atom. The lowest BCUT2D eigenvalue weighted by Gasteiger charge is -1.88. The average Bonchev–Trinajstić information content (AvgIpc) is 2.41. The number of aromatic nitrogens is 4. The number of nitrogens with zero attached hydrogens (tertiary/aromatic N) is 3. The smallest absolute Gasteiger partial charge is 0.171 e. The number of aryl methyl sites for hydroxylation is 2. The van der Waals surface area contributed by atoms with E-state index in [2.05, 4.69) is 15.3 Å². The molecule has 0 aliphatic rings. The van der Waals surface area contributed by atoms with E-state index in [0.717, 1.165) is 16.7 Å². The molecule has 0 aliphatic carbocycles. The second-order valence-electron chi connectivity index (χ2n) is 2.54. The molecule has 2 heterocycles. The van der Waals surface area contributed by atoms with Crippen molar-refractivity contribution in [2.24, 2.45) is 7.05 Å². The van der Waals surface area contributed by atoms with Crippen LogP contribution in [0.3, 0.4) is 0 Å². The molecule has 2 aromatic heterocycles. The second kappa shape index (κ2) is 1.75. The lowest BCUT2D eigenvalue weighted by atomic mass is 10.4. The third-order valence-corrected chi connectivity index (χ3v) is 1.75. The molecule has 0 fully saturated rings. The summed E-state index contributed by atoms with van der Waals surface area (Å²) in [5.74, 6) is 0.503. The maximum absolute atomic E-state index is 5.59. The third kappa shape index (κ3) is 0.646. The highest BCUT2D eigenvalue weighted by molar-refractivity contribution is 5.86. The van der Waals surface area contributed by atoms with Gasteiger partial charge < -0.3 is 5.73 Å². The second-order valence-corrected chi connectivity index (χ2v) is 2.54. The topological polar surface area (TPSA) is 72.5 Å². The summed E-state index contributed by atoms with van der Waals surface area (Å²) in [6, 6.07) is 0. The van der Waals surface area contributed by atoms with Crippen molar-refractivity contribution in [3.8, 4) is 0 Å². The maximum Gasteiger partial charge on any atom is 0.171 e. The van der Waals surface area contributed by atoms with Gasteiger partial charge in [0.25, 0.3) is 0 Å². The zero-order chi connectivity index (χ0) is 8.01. The first-order chi connectivity index (χ1) is 5.20. The fourth-order valence-corrected chi connectivity index (χ4v) is 1.25. The zero-order valence-electron chi connectivity index (χ0n) is 6.42. The summed E-state index contributed by atoms with van der Waals surface area (Å²) in [6.07, 6.45) is 0. The van der Waals surface area contributed by atoms with Crippen molar-refractivity contribution in [3.63, 3.8) is 0 Å². The normalized spacial score (nSPS) is 11.1. The number of aromatic amines is 1. The molecule has 0 amide bonds. The lowest BCUT2D eigenvalue weighted by Crippen LogP contribution is -1.94. The monoisotopic (exact) mass is 151 g/mol. The molecule has 5 nitrogen and oxygen atoms in total. The van der Waals surface area contributed by atoms with E-state index in [0.29, 0.717) is 5.82 Å². The van der Waals surface area contributed by atoms with Gasteiger partial charge in [0.15, 0.2) is 5.82 Å². The summed E-state index contributed by atoms with van der Waals surface area (Å²) in [4.78, 5) is 0. The predicted octanol–water partition coefficient (Wildman–Crippen LogP) is 0.187. The van der Waals surface area contributed by atoms with E-state index >= 15 is 0 Å². The highest BCUT2D eigenvalue weighted by Crippen LogP contribution is 2.18. The lowest BCUT2D eigenvalue weighted by molar-refractivity contribution is 0.782. The third-order valence-electron chi connectivity index (χ3n) is 1.75. The number of nitrogen functional groups attached to an aromatic ring is 1. The van der Waals surface area contributed by atoms with Gasteiger partial charge in [-0.1, -0.05) is 0 Å². The molecule has 0 saturated carbocycles. The first-order valence-electron chi connectivity index (χ1n) is 3.33. The van der Waals surface area contributed by atoms with Crippen LogP contribution in [-0.4, -0.2) is 20.0 Å². The van der Waals surface area contributed by atoms with E-state index in [1.54, 1.807) is 4.68 Å². The SMILES string of the molecule is Cc1nn(C)c2c(N)n[nH]c12. The van der Waals surface area contributed by atoms with Gasteiger partial charge >= 0.3 is 0 Å². The van der Waals surface area contributed by atoms with Gasteiger partial charge in [0, 0.05) is 7.05 Å². The van der Waals surface area contributed by atoms with Gasteiger partial charge in [0.2, 0.25) is 0 Å². The van der Waals surface area contributed by atoms with Crippen LogP contribution in [0.15, 0.2) is 0 Å². The van der Waals surface area contributed by atoms with E-state index in [-0.39, 0.29) is 0 Å². The molecule has 0 aromatic carbocycles. The largest absolute Gasteiger partial charge is 0.380 e. The summed E-state index contributed by atoms with van der Waals surface area (Å²) in [6.45, 7) is 1.92. The number of anilines is 1. The summed E-state index contributed by atoms with van der Waals surface area (Å²) in [5.41, 5.74) is 8.31. The fraction of sp³-hybridized carbons (Fsp3) is 0.333. The Kier molecular flexibility index (Phi) is 0.986. The van der Waals surface area contributed by atoms with Crippen molar-refractivity contribution in [2.45, 2.75) is 6.92 Å². The van der Waals surface area contributed by atoms with E-state index in [1.807, 2.05) is 14.0 Å². The molecule has 11 heavy (non-hydrogen) atoms. The number of rotatable bonds is 0. The minimum Gasteiger partial charge on any atom is -0.380 e. The van der Waals surface area contributed by atoms with E-state index < -0.39 is 0 Å². The Hall–Kier alpha value is -1.52. The summed E-state index contributed by atoms with van der Waals surface area (Å²) in [7, 11) is 1.85. The average molecular weight is 151 g/mol. The Bertz CT molecular complexity index is 396. The first-order valence-corrected chi connectivity index (χ1v) is 3.33. The van der Waals surface area contributed by atoms with Crippen molar-refractivity contribution in [1.82, 2.24) is 20.0 Å².